The molecular weight excluding hydrogens is 288 g/mol. The molecule has 0 atom stereocenters. The average Bonchev–Trinajstić information content (AvgIpc) is 2.92. The fourth-order valence-corrected chi connectivity index (χ4v) is 2.92. The van der Waals surface area contributed by atoms with Crippen LogP contribution >= 0.6 is 11.5 Å². The van der Waals surface area contributed by atoms with Crippen molar-refractivity contribution in [1.29, 1.82) is 0 Å². The van der Waals surface area contributed by atoms with Crippen molar-refractivity contribution < 1.29 is 9.59 Å². The molecule has 0 fully saturated rings. The van der Waals surface area contributed by atoms with Crippen LogP contribution in [-0.4, -0.2) is 27.7 Å². The molecule has 0 saturated carbocycles. The highest BCUT2D eigenvalue weighted by molar-refractivity contribution is 7.05. The van der Waals surface area contributed by atoms with Crippen LogP contribution in [-0.2, 0) is 6.42 Å². The predicted octanol–water partition coefficient (Wildman–Crippen LogP) is 1.54. The van der Waals surface area contributed by atoms with Crippen molar-refractivity contribution in [1.82, 2.24) is 9.36 Å². The van der Waals surface area contributed by atoms with Gasteiger partial charge in [0, 0.05) is 11.4 Å². The van der Waals surface area contributed by atoms with Crippen molar-refractivity contribution in [2.45, 2.75) is 19.8 Å². The first-order chi connectivity index (χ1) is 10.1. The zero-order chi connectivity index (χ0) is 15.0. The summed E-state index contributed by atoms with van der Waals surface area (Å²) >= 11 is 1.29. The topological polar surface area (TPSA) is 89.2 Å². The zero-order valence-electron chi connectivity index (χ0n) is 11.5. The lowest BCUT2D eigenvalue weighted by Gasteiger charge is -2.27. The van der Waals surface area contributed by atoms with Crippen LogP contribution in [0.2, 0.25) is 0 Å². The Labute approximate surface area is 125 Å². The van der Waals surface area contributed by atoms with Crippen LogP contribution in [0.15, 0.2) is 18.2 Å². The summed E-state index contributed by atoms with van der Waals surface area (Å²) in [6.45, 7) is 2.47. The number of aromatic nitrogens is 2. The third-order valence-corrected chi connectivity index (χ3v) is 4.08. The molecule has 3 heterocycles. The average molecular weight is 302 g/mol. The molecule has 0 aliphatic carbocycles. The summed E-state index contributed by atoms with van der Waals surface area (Å²) in [5.41, 5.74) is 6.80. The van der Waals surface area contributed by atoms with Crippen molar-refractivity contribution in [2.75, 3.05) is 11.4 Å². The van der Waals surface area contributed by atoms with Gasteiger partial charge in [-0.3, -0.25) is 14.5 Å². The number of carbonyl (C=O) groups excluding carboxylic acids is 2. The molecule has 2 aromatic heterocycles. The van der Waals surface area contributed by atoms with Crippen LogP contribution in [0.3, 0.4) is 0 Å². The highest BCUT2D eigenvalue weighted by Crippen LogP contribution is 2.27. The summed E-state index contributed by atoms with van der Waals surface area (Å²) in [5, 5.41) is 0. The van der Waals surface area contributed by atoms with Gasteiger partial charge in [0.15, 0.2) is 0 Å². The van der Waals surface area contributed by atoms with Crippen molar-refractivity contribution in [3.8, 4) is 0 Å². The van der Waals surface area contributed by atoms with Gasteiger partial charge < -0.3 is 5.73 Å². The summed E-state index contributed by atoms with van der Waals surface area (Å²) in [6.07, 6.45) is 1.70. The molecule has 2 N–H and O–H groups in total. The van der Waals surface area contributed by atoms with E-state index in [1.54, 1.807) is 17.0 Å². The molecule has 21 heavy (non-hydrogen) atoms. The van der Waals surface area contributed by atoms with Gasteiger partial charge in [0.1, 0.15) is 17.2 Å². The number of fused-ring (bicyclic) bond motifs is 1. The number of aryl methyl sites for hydroxylation is 2. The maximum absolute atomic E-state index is 12.6. The van der Waals surface area contributed by atoms with Crippen LogP contribution in [0.25, 0.3) is 0 Å². The van der Waals surface area contributed by atoms with Crippen molar-refractivity contribution in [3.05, 3.63) is 40.0 Å². The summed E-state index contributed by atoms with van der Waals surface area (Å²) in [6, 6.07) is 5.18. The number of anilines is 1. The molecule has 0 aromatic carbocycles. The SMILES string of the molecule is Cc1cc(C(=O)N2CCCc3ccc(C(N)=O)nc32)ns1. The van der Waals surface area contributed by atoms with E-state index in [4.69, 9.17) is 5.73 Å². The van der Waals surface area contributed by atoms with E-state index in [0.29, 0.717) is 18.1 Å². The number of nitrogens with two attached hydrogens (primary N) is 1. The molecule has 6 nitrogen and oxygen atoms in total. The van der Waals surface area contributed by atoms with E-state index >= 15 is 0 Å². The Balaban J connectivity index is 2.01. The van der Waals surface area contributed by atoms with E-state index < -0.39 is 5.91 Å². The van der Waals surface area contributed by atoms with Gasteiger partial charge >= 0.3 is 0 Å². The molecule has 0 bridgehead atoms. The Hall–Kier alpha value is -2.28. The van der Waals surface area contributed by atoms with E-state index in [9.17, 15) is 9.59 Å². The molecular formula is C14H14N4O2S. The van der Waals surface area contributed by atoms with E-state index in [-0.39, 0.29) is 11.6 Å². The molecule has 1 aliphatic rings. The van der Waals surface area contributed by atoms with E-state index in [1.807, 2.05) is 13.0 Å². The number of carbonyl (C=O) groups is 2. The highest BCUT2D eigenvalue weighted by Gasteiger charge is 2.27. The molecule has 0 unspecified atom stereocenters. The van der Waals surface area contributed by atoms with Crippen LogP contribution in [0.5, 0.6) is 0 Å². The first-order valence-corrected chi connectivity index (χ1v) is 7.38. The Kier molecular flexibility index (Phi) is 3.42. The Morgan fingerprint density at radius 3 is 2.81 bits per heavy atom. The summed E-state index contributed by atoms with van der Waals surface area (Å²) in [4.78, 5) is 30.7. The number of hydrogen-bond acceptors (Lipinski definition) is 5. The molecule has 2 amide bonds. The molecule has 0 radical (unpaired) electrons. The molecule has 0 spiro atoms. The number of rotatable bonds is 2. The van der Waals surface area contributed by atoms with Crippen LogP contribution in [0.1, 0.15) is 37.8 Å². The standard InChI is InChI=1S/C14H14N4O2S/c1-8-7-11(17-21-8)14(20)18-6-2-3-9-4-5-10(12(15)19)16-13(9)18/h4-5,7H,2-3,6H2,1H3,(H2,15,19). The van der Waals surface area contributed by atoms with Crippen LogP contribution < -0.4 is 10.6 Å². The fourth-order valence-electron chi connectivity index (χ4n) is 2.38. The normalized spacial score (nSPS) is 13.9. The maximum atomic E-state index is 12.6. The minimum Gasteiger partial charge on any atom is -0.364 e. The van der Waals surface area contributed by atoms with Gasteiger partial charge in [-0.05, 0) is 49.0 Å². The van der Waals surface area contributed by atoms with Gasteiger partial charge in [-0.25, -0.2) is 4.98 Å². The van der Waals surface area contributed by atoms with E-state index in [0.717, 1.165) is 23.3 Å². The van der Waals surface area contributed by atoms with E-state index in [1.165, 1.54) is 11.5 Å². The lowest BCUT2D eigenvalue weighted by Crippen LogP contribution is -2.37. The lowest BCUT2D eigenvalue weighted by molar-refractivity contribution is 0.0972. The third-order valence-electron chi connectivity index (χ3n) is 3.38. The summed E-state index contributed by atoms with van der Waals surface area (Å²) in [5.74, 6) is -0.261. The van der Waals surface area contributed by atoms with Crippen LogP contribution in [0.4, 0.5) is 5.82 Å². The molecule has 2 aromatic rings. The van der Waals surface area contributed by atoms with Gasteiger partial charge in [-0.1, -0.05) is 6.07 Å². The predicted molar refractivity (Wildman–Crippen MR) is 79.6 cm³/mol. The highest BCUT2D eigenvalue weighted by atomic mass is 32.1. The number of primary amides is 1. The van der Waals surface area contributed by atoms with Gasteiger partial charge in [0.05, 0.1) is 0 Å². The second-order valence-electron chi connectivity index (χ2n) is 4.93. The van der Waals surface area contributed by atoms with Gasteiger partial charge in [0.2, 0.25) is 0 Å². The second kappa shape index (κ2) is 5.25. The first-order valence-electron chi connectivity index (χ1n) is 6.61. The third kappa shape index (κ3) is 2.52. The van der Waals surface area contributed by atoms with Gasteiger partial charge in [-0.15, -0.1) is 0 Å². The smallest absolute Gasteiger partial charge is 0.279 e. The molecule has 1 aliphatic heterocycles. The van der Waals surface area contributed by atoms with Gasteiger partial charge in [0.25, 0.3) is 11.8 Å². The summed E-state index contributed by atoms with van der Waals surface area (Å²) < 4.78 is 4.15. The first kappa shape index (κ1) is 13.7. The largest absolute Gasteiger partial charge is 0.364 e. The van der Waals surface area contributed by atoms with Crippen LogP contribution in [0, 0.1) is 6.92 Å². The quantitative estimate of drug-likeness (QED) is 0.911. The molecule has 7 heteroatoms. The van der Waals surface area contributed by atoms with Gasteiger partial charge in [-0.2, -0.15) is 4.37 Å². The summed E-state index contributed by atoms with van der Waals surface area (Å²) in [7, 11) is 0. The minimum atomic E-state index is -0.597. The Bertz CT molecular complexity index is 726. The Morgan fingerprint density at radius 2 is 2.14 bits per heavy atom. The minimum absolute atomic E-state index is 0.169. The molecule has 3 rings (SSSR count). The van der Waals surface area contributed by atoms with Crippen molar-refractivity contribution in [3.63, 3.8) is 0 Å². The van der Waals surface area contributed by atoms with Crippen molar-refractivity contribution in [2.24, 2.45) is 5.73 Å². The lowest BCUT2D eigenvalue weighted by atomic mass is 10.0. The number of hydrogen-bond donors (Lipinski definition) is 1. The Morgan fingerprint density at radius 1 is 1.33 bits per heavy atom. The number of pyridine rings is 1. The number of amides is 2. The molecule has 108 valence electrons. The second-order valence-corrected chi connectivity index (χ2v) is 5.94. The zero-order valence-corrected chi connectivity index (χ0v) is 12.3. The fraction of sp³-hybridized carbons (Fsp3) is 0.286. The maximum Gasteiger partial charge on any atom is 0.279 e. The number of nitrogens with zero attached hydrogens (tertiary/aromatic N) is 3. The molecule has 0 saturated heterocycles. The van der Waals surface area contributed by atoms with Crippen molar-refractivity contribution >= 4 is 29.2 Å². The van der Waals surface area contributed by atoms with E-state index in [2.05, 4.69) is 9.36 Å². The monoisotopic (exact) mass is 302 g/mol.